The van der Waals surface area contributed by atoms with E-state index in [1.807, 2.05) is 0 Å². The van der Waals surface area contributed by atoms with E-state index < -0.39 is 0 Å². The van der Waals surface area contributed by atoms with Crippen LogP contribution in [0, 0.1) is 11.7 Å². The Labute approximate surface area is 120 Å². The van der Waals surface area contributed by atoms with Crippen LogP contribution in [0.4, 0.5) is 4.39 Å². The molecule has 1 aromatic carbocycles. The first kappa shape index (κ1) is 14.8. The minimum atomic E-state index is -0.277. The van der Waals surface area contributed by atoms with Gasteiger partial charge in [-0.1, -0.05) is 36.9 Å². The SMILES string of the molecule is CC(N[C@@H](C)C1CCCCC1)c1ccc(F)cc1Cl. The number of rotatable bonds is 4. The van der Waals surface area contributed by atoms with Gasteiger partial charge in [0.15, 0.2) is 0 Å². The molecule has 1 N–H and O–H groups in total. The summed E-state index contributed by atoms with van der Waals surface area (Å²) >= 11 is 6.11. The fourth-order valence-electron chi connectivity index (χ4n) is 3.11. The van der Waals surface area contributed by atoms with Gasteiger partial charge in [0.2, 0.25) is 0 Å². The summed E-state index contributed by atoms with van der Waals surface area (Å²) in [6.45, 7) is 4.35. The van der Waals surface area contributed by atoms with Crippen LogP contribution in [0.2, 0.25) is 5.02 Å². The molecule has 1 aliphatic carbocycles. The van der Waals surface area contributed by atoms with Crippen molar-refractivity contribution in [2.45, 2.75) is 58.0 Å². The predicted octanol–water partition coefficient (Wildman–Crippen LogP) is 5.10. The van der Waals surface area contributed by atoms with Crippen LogP contribution >= 0.6 is 11.6 Å². The maximum absolute atomic E-state index is 13.1. The molecule has 0 aliphatic heterocycles. The van der Waals surface area contributed by atoms with Crippen molar-refractivity contribution in [3.05, 3.63) is 34.6 Å². The molecule has 19 heavy (non-hydrogen) atoms. The maximum Gasteiger partial charge on any atom is 0.124 e. The van der Waals surface area contributed by atoms with Gasteiger partial charge in [-0.05, 0) is 50.3 Å². The number of halogens is 2. The second-order valence-electron chi connectivity index (χ2n) is 5.74. The van der Waals surface area contributed by atoms with Crippen molar-refractivity contribution in [1.82, 2.24) is 5.32 Å². The molecule has 0 saturated heterocycles. The Balaban J connectivity index is 1.97. The van der Waals surface area contributed by atoms with Crippen LogP contribution in [-0.2, 0) is 0 Å². The van der Waals surface area contributed by atoms with Gasteiger partial charge in [0.05, 0.1) is 0 Å². The van der Waals surface area contributed by atoms with E-state index in [4.69, 9.17) is 11.6 Å². The molecule has 1 saturated carbocycles. The summed E-state index contributed by atoms with van der Waals surface area (Å²) in [6, 6.07) is 5.29. The Hall–Kier alpha value is -0.600. The zero-order valence-electron chi connectivity index (χ0n) is 11.8. The van der Waals surface area contributed by atoms with E-state index >= 15 is 0 Å². The van der Waals surface area contributed by atoms with Crippen LogP contribution < -0.4 is 5.32 Å². The van der Waals surface area contributed by atoms with Gasteiger partial charge in [-0.2, -0.15) is 0 Å². The Kier molecular flexibility index (Phi) is 5.23. The van der Waals surface area contributed by atoms with E-state index in [-0.39, 0.29) is 11.9 Å². The van der Waals surface area contributed by atoms with E-state index in [0.29, 0.717) is 11.1 Å². The van der Waals surface area contributed by atoms with Crippen molar-refractivity contribution >= 4 is 11.6 Å². The minimum Gasteiger partial charge on any atom is -0.307 e. The molecule has 106 valence electrons. The molecule has 2 rings (SSSR count). The molecule has 1 fully saturated rings. The summed E-state index contributed by atoms with van der Waals surface area (Å²) in [5, 5.41) is 4.13. The second-order valence-corrected chi connectivity index (χ2v) is 6.15. The van der Waals surface area contributed by atoms with Crippen LogP contribution in [0.5, 0.6) is 0 Å². The van der Waals surface area contributed by atoms with E-state index in [2.05, 4.69) is 19.2 Å². The largest absolute Gasteiger partial charge is 0.307 e. The highest BCUT2D eigenvalue weighted by atomic mass is 35.5. The highest BCUT2D eigenvalue weighted by Gasteiger charge is 2.22. The normalized spacial score (nSPS) is 20.2. The smallest absolute Gasteiger partial charge is 0.124 e. The molecular weight excluding hydrogens is 261 g/mol. The lowest BCUT2D eigenvalue weighted by molar-refractivity contribution is 0.268. The third kappa shape index (κ3) is 3.93. The molecule has 0 heterocycles. The van der Waals surface area contributed by atoms with E-state index in [1.165, 1.54) is 44.2 Å². The molecule has 1 aromatic rings. The highest BCUT2D eigenvalue weighted by Crippen LogP contribution is 2.29. The van der Waals surface area contributed by atoms with Crippen LogP contribution in [0.3, 0.4) is 0 Å². The molecule has 0 spiro atoms. The van der Waals surface area contributed by atoms with Gasteiger partial charge >= 0.3 is 0 Å². The Morgan fingerprint density at radius 2 is 1.89 bits per heavy atom. The third-order valence-electron chi connectivity index (χ3n) is 4.30. The van der Waals surface area contributed by atoms with Crippen molar-refractivity contribution in [2.75, 3.05) is 0 Å². The predicted molar refractivity (Wildman–Crippen MR) is 79.0 cm³/mol. The molecule has 2 atom stereocenters. The number of benzene rings is 1. The topological polar surface area (TPSA) is 12.0 Å². The van der Waals surface area contributed by atoms with Gasteiger partial charge in [-0.15, -0.1) is 0 Å². The van der Waals surface area contributed by atoms with Gasteiger partial charge in [0.1, 0.15) is 5.82 Å². The van der Waals surface area contributed by atoms with Gasteiger partial charge in [-0.3, -0.25) is 0 Å². The third-order valence-corrected chi connectivity index (χ3v) is 4.63. The standard InChI is InChI=1S/C16H23ClFN/c1-11(13-6-4-3-5-7-13)19-12(2)15-9-8-14(18)10-16(15)17/h8-13,19H,3-7H2,1-2H3/t11-,12?/m0/s1. The number of nitrogens with one attached hydrogen (secondary N) is 1. The molecule has 1 unspecified atom stereocenters. The maximum atomic E-state index is 13.1. The summed E-state index contributed by atoms with van der Waals surface area (Å²) in [4.78, 5) is 0. The van der Waals surface area contributed by atoms with E-state index in [9.17, 15) is 4.39 Å². The molecular formula is C16H23ClFN. The molecule has 0 radical (unpaired) electrons. The van der Waals surface area contributed by atoms with Gasteiger partial charge < -0.3 is 5.32 Å². The summed E-state index contributed by atoms with van der Waals surface area (Å²) in [5.41, 5.74) is 0.978. The van der Waals surface area contributed by atoms with Crippen molar-refractivity contribution in [3.8, 4) is 0 Å². The first-order valence-electron chi connectivity index (χ1n) is 7.29. The van der Waals surface area contributed by atoms with Crippen molar-refractivity contribution in [2.24, 2.45) is 5.92 Å². The molecule has 1 aliphatic rings. The van der Waals surface area contributed by atoms with Gasteiger partial charge in [0, 0.05) is 17.1 Å². The average molecular weight is 284 g/mol. The van der Waals surface area contributed by atoms with Crippen LogP contribution in [0.25, 0.3) is 0 Å². The molecule has 3 heteroatoms. The summed E-state index contributed by atoms with van der Waals surface area (Å²) in [5.74, 6) is 0.483. The fourth-order valence-corrected chi connectivity index (χ4v) is 3.44. The number of hydrogen-bond acceptors (Lipinski definition) is 1. The van der Waals surface area contributed by atoms with Crippen molar-refractivity contribution in [3.63, 3.8) is 0 Å². The Bertz CT molecular complexity index is 415. The van der Waals surface area contributed by atoms with Gasteiger partial charge in [0.25, 0.3) is 0 Å². The van der Waals surface area contributed by atoms with Crippen LogP contribution in [0.1, 0.15) is 57.6 Å². The first-order valence-corrected chi connectivity index (χ1v) is 7.66. The lowest BCUT2D eigenvalue weighted by atomic mass is 9.84. The van der Waals surface area contributed by atoms with Crippen LogP contribution in [-0.4, -0.2) is 6.04 Å². The lowest BCUT2D eigenvalue weighted by Gasteiger charge is -2.31. The Morgan fingerprint density at radius 1 is 1.21 bits per heavy atom. The molecule has 0 amide bonds. The quantitative estimate of drug-likeness (QED) is 0.811. The van der Waals surface area contributed by atoms with Crippen LogP contribution in [0.15, 0.2) is 18.2 Å². The fraction of sp³-hybridized carbons (Fsp3) is 0.625. The average Bonchev–Trinajstić information content (AvgIpc) is 2.39. The van der Waals surface area contributed by atoms with Crippen molar-refractivity contribution in [1.29, 1.82) is 0 Å². The van der Waals surface area contributed by atoms with E-state index in [0.717, 1.165) is 11.5 Å². The minimum absolute atomic E-state index is 0.157. The highest BCUT2D eigenvalue weighted by molar-refractivity contribution is 6.31. The zero-order chi connectivity index (χ0) is 13.8. The second kappa shape index (κ2) is 6.71. The number of hydrogen-bond donors (Lipinski definition) is 1. The van der Waals surface area contributed by atoms with Crippen molar-refractivity contribution < 1.29 is 4.39 Å². The summed E-state index contributed by atoms with van der Waals surface area (Å²) < 4.78 is 13.1. The summed E-state index contributed by atoms with van der Waals surface area (Å²) in [7, 11) is 0. The van der Waals surface area contributed by atoms with Gasteiger partial charge in [-0.25, -0.2) is 4.39 Å². The molecule has 1 nitrogen and oxygen atoms in total. The lowest BCUT2D eigenvalue weighted by Crippen LogP contribution is -2.36. The van der Waals surface area contributed by atoms with E-state index in [1.54, 1.807) is 6.07 Å². The Morgan fingerprint density at radius 3 is 2.53 bits per heavy atom. The summed E-state index contributed by atoms with van der Waals surface area (Å²) in [6.07, 6.45) is 6.71. The monoisotopic (exact) mass is 283 g/mol. The molecule has 0 aromatic heterocycles. The molecule has 0 bridgehead atoms. The zero-order valence-corrected chi connectivity index (χ0v) is 12.5. The first-order chi connectivity index (χ1) is 9.08.